The van der Waals surface area contributed by atoms with Crippen LogP contribution in [0.15, 0.2) is 0 Å². The molecule has 0 heterocycles. The Hall–Kier alpha value is 1.50. The van der Waals surface area contributed by atoms with Crippen molar-refractivity contribution in [2.75, 3.05) is 0 Å². The van der Waals surface area contributed by atoms with Crippen LogP contribution in [-0.2, 0) is 0 Å². The van der Waals surface area contributed by atoms with Crippen LogP contribution in [-0.4, -0.2) is 86.6 Å². The van der Waals surface area contributed by atoms with Crippen molar-refractivity contribution >= 4 is 76.4 Å². The third-order valence-electron chi connectivity index (χ3n) is 0. The van der Waals surface area contributed by atoms with Crippen molar-refractivity contribution in [2.24, 2.45) is 0 Å². The quantitative estimate of drug-likeness (QED) is 0.390. The van der Waals surface area contributed by atoms with Crippen LogP contribution in [0.4, 0.5) is 4.79 Å². The molecule has 0 fully saturated rings. The minimum atomic E-state index is -1.83. The minimum absolute atomic E-state index is 0. The van der Waals surface area contributed by atoms with E-state index in [0.29, 0.717) is 0 Å². The van der Waals surface area contributed by atoms with E-state index in [1.54, 1.807) is 0 Å². The molecule has 3 nitrogen and oxygen atoms in total. The van der Waals surface area contributed by atoms with Crippen molar-refractivity contribution in [3.63, 3.8) is 0 Å². The van der Waals surface area contributed by atoms with Gasteiger partial charge < -0.3 is 10.2 Å². The zero-order valence-electron chi connectivity index (χ0n) is 1.80. The van der Waals surface area contributed by atoms with Crippen LogP contribution < -0.4 is 0 Å². The van der Waals surface area contributed by atoms with E-state index >= 15 is 0 Å². The predicted molar refractivity (Wildman–Crippen MR) is 25.0 cm³/mol. The Morgan fingerprint density at radius 3 is 1.33 bits per heavy atom. The van der Waals surface area contributed by atoms with Crippen molar-refractivity contribution in [3.8, 4) is 0 Å². The zero-order valence-corrected chi connectivity index (χ0v) is 1.80. The second-order valence-corrected chi connectivity index (χ2v) is 0.283. The summed E-state index contributed by atoms with van der Waals surface area (Å²) in [5.41, 5.74) is 0. The Morgan fingerprint density at radius 2 is 1.33 bits per heavy atom. The van der Waals surface area contributed by atoms with Gasteiger partial charge in [0.05, 0.1) is 0 Å². The monoisotopic (exact) mass is 110 g/mol. The van der Waals surface area contributed by atoms with Crippen LogP contribution >= 0.6 is 0 Å². The molecule has 0 aromatic rings. The molecule has 0 aromatic carbocycles. The molecule has 0 spiro atoms. The molecule has 0 atom stereocenters. The first-order chi connectivity index (χ1) is 1.73. The fourth-order valence-corrected chi connectivity index (χ4v) is 0. The second-order valence-electron chi connectivity index (χ2n) is 0.283. The normalized spacial score (nSPS) is 4.00. The van der Waals surface area contributed by atoms with Gasteiger partial charge in [-0.2, -0.15) is 0 Å². The van der Waals surface area contributed by atoms with Crippen molar-refractivity contribution in [3.05, 3.63) is 0 Å². The van der Waals surface area contributed by atoms with Gasteiger partial charge in [-0.05, 0) is 0 Å². The van der Waals surface area contributed by atoms with Crippen molar-refractivity contribution < 1.29 is 15.0 Å². The molecule has 0 bridgehead atoms. The number of rotatable bonds is 0. The van der Waals surface area contributed by atoms with Crippen LogP contribution in [0.5, 0.6) is 0 Å². The molecule has 0 aliphatic heterocycles. The van der Waals surface area contributed by atoms with E-state index in [0.717, 1.165) is 0 Å². The maximum atomic E-state index is 8.56. The van der Waals surface area contributed by atoms with Crippen LogP contribution in [0, 0.1) is 0 Å². The first-order valence-corrected chi connectivity index (χ1v) is 0.651. The molecule has 5 heteroatoms. The molecule has 0 aliphatic rings. The Balaban J connectivity index is -0.0000000450. The summed E-state index contributed by atoms with van der Waals surface area (Å²) in [6.07, 6.45) is -1.83. The van der Waals surface area contributed by atoms with Crippen molar-refractivity contribution in [1.29, 1.82) is 0 Å². The zero-order chi connectivity index (χ0) is 3.58. The average molecular weight is 110 g/mol. The molecule has 0 radical (unpaired) electrons. The molecule has 0 aliphatic carbocycles. The summed E-state index contributed by atoms with van der Waals surface area (Å²) in [7, 11) is 0. The second kappa shape index (κ2) is 9.71. The molecule has 0 saturated carbocycles. The predicted octanol–water partition coefficient (Wildman–Crippen LogP) is -1.07. The first kappa shape index (κ1) is 15.6. The Bertz CT molecular complexity index is 33.8. The van der Waals surface area contributed by atoms with Gasteiger partial charge in [-0.3, -0.25) is 0 Å². The molecule has 0 saturated heterocycles. The van der Waals surface area contributed by atoms with Gasteiger partial charge in [0.25, 0.3) is 0 Å². The van der Waals surface area contributed by atoms with Crippen LogP contribution in [0.3, 0.4) is 0 Å². The number of carbonyl (C=O) groups is 1. The van der Waals surface area contributed by atoms with E-state index in [-0.39, 0.29) is 70.2 Å². The third kappa shape index (κ3) is 49.4. The van der Waals surface area contributed by atoms with Gasteiger partial charge in [0.2, 0.25) is 0 Å². The fourth-order valence-electron chi connectivity index (χ4n) is 0. The molecule has 6 heavy (non-hydrogen) atoms. The van der Waals surface area contributed by atoms with Crippen LogP contribution in [0.25, 0.3) is 0 Å². The average Bonchev–Trinajstić information content (AvgIpc) is 0.811. The van der Waals surface area contributed by atoms with E-state index in [4.69, 9.17) is 15.0 Å². The maximum absolute atomic E-state index is 8.56. The van der Waals surface area contributed by atoms with Gasteiger partial charge in [-0.25, -0.2) is 4.79 Å². The van der Waals surface area contributed by atoms with Gasteiger partial charge in [0.15, 0.2) is 0 Å². The van der Waals surface area contributed by atoms with Gasteiger partial charge in [-0.15, -0.1) is 0 Å². The topological polar surface area (TPSA) is 57.5 Å². The molecule has 0 aromatic heterocycles. The summed E-state index contributed by atoms with van der Waals surface area (Å²) in [4.78, 5) is 8.56. The third-order valence-corrected chi connectivity index (χ3v) is 0. The summed E-state index contributed by atoms with van der Waals surface area (Å²) in [6.45, 7) is 0. The molecular formula is CH4KLiO3. The van der Waals surface area contributed by atoms with E-state index in [9.17, 15) is 0 Å². The molecular weight excluding hydrogens is 106 g/mol. The summed E-state index contributed by atoms with van der Waals surface area (Å²) < 4.78 is 0. The van der Waals surface area contributed by atoms with E-state index in [2.05, 4.69) is 0 Å². The standard InChI is InChI=1S/CH2O3.K.Li.2H/c2-1(3)4;;;;/h(H2,2,3,4);;;;. The summed E-state index contributed by atoms with van der Waals surface area (Å²) in [5.74, 6) is 0. The fraction of sp³-hybridized carbons (Fsp3) is 0. The van der Waals surface area contributed by atoms with Gasteiger partial charge in [0.1, 0.15) is 0 Å². The van der Waals surface area contributed by atoms with Crippen LogP contribution in [0.2, 0.25) is 0 Å². The summed E-state index contributed by atoms with van der Waals surface area (Å²) in [5, 5.41) is 13.9. The van der Waals surface area contributed by atoms with Crippen molar-refractivity contribution in [2.45, 2.75) is 0 Å². The van der Waals surface area contributed by atoms with Gasteiger partial charge >= 0.3 is 76.4 Å². The van der Waals surface area contributed by atoms with Crippen molar-refractivity contribution in [1.82, 2.24) is 0 Å². The van der Waals surface area contributed by atoms with Gasteiger partial charge in [-0.1, -0.05) is 0 Å². The number of hydrogen-bond donors (Lipinski definition) is 2. The molecule has 2 N–H and O–H groups in total. The summed E-state index contributed by atoms with van der Waals surface area (Å²) >= 11 is 0. The Kier molecular flexibility index (Phi) is 25.3. The molecule has 0 rings (SSSR count). The van der Waals surface area contributed by atoms with Crippen LogP contribution in [0.1, 0.15) is 0 Å². The van der Waals surface area contributed by atoms with E-state index in [1.807, 2.05) is 0 Å². The first-order valence-electron chi connectivity index (χ1n) is 0.651. The number of carboxylic acid groups (broad SMARTS) is 2. The Morgan fingerprint density at radius 1 is 1.33 bits per heavy atom. The van der Waals surface area contributed by atoms with Gasteiger partial charge in [0, 0.05) is 0 Å². The molecule has 28 valence electrons. The summed E-state index contributed by atoms with van der Waals surface area (Å²) in [6, 6.07) is 0. The molecule has 0 unspecified atom stereocenters. The van der Waals surface area contributed by atoms with E-state index < -0.39 is 6.16 Å². The van der Waals surface area contributed by atoms with E-state index in [1.165, 1.54) is 0 Å². The Labute approximate surface area is 89.7 Å². The number of hydrogen-bond acceptors (Lipinski definition) is 1. The SMILES string of the molecule is O=C(O)O.[KH].[LiH]. The molecule has 0 amide bonds.